The largest absolute Gasteiger partial charge is 0.480 e. The van der Waals surface area contributed by atoms with E-state index in [9.17, 15) is 9.59 Å². The lowest BCUT2D eigenvalue weighted by atomic mass is 10.1. The number of aliphatic carboxylic acids is 1. The van der Waals surface area contributed by atoms with Gasteiger partial charge in [0.25, 0.3) is 0 Å². The van der Waals surface area contributed by atoms with Crippen molar-refractivity contribution >= 4 is 11.9 Å². The summed E-state index contributed by atoms with van der Waals surface area (Å²) in [5.41, 5.74) is 0. The molecule has 0 aliphatic heterocycles. The molecule has 0 saturated carbocycles. The van der Waals surface area contributed by atoms with Crippen molar-refractivity contribution in [1.82, 2.24) is 5.32 Å². The molecular weight excluding hydrogens is 198 g/mol. The van der Waals surface area contributed by atoms with Gasteiger partial charge in [-0.25, -0.2) is 4.79 Å². The van der Waals surface area contributed by atoms with Crippen LogP contribution in [0.15, 0.2) is 0 Å². The van der Waals surface area contributed by atoms with Crippen LogP contribution in [-0.4, -0.2) is 36.7 Å². The lowest BCUT2D eigenvalue weighted by Crippen LogP contribution is -2.40. The van der Waals surface area contributed by atoms with E-state index in [1.807, 2.05) is 6.92 Å². The van der Waals surface area contributed by atoms with E-state index < -0.39 is 12.0 Å². The molecule has 0 heterocycles. The second kappa shape index (κ2) is 8.23. The van der Waals surface area contributed by atoms with Gasteiger partial charge in [-0.15, -0.1) is 0 Å². The van der Waals surface area contributed by atoms with Gasteiger partial charge in [0.2, 0.25) is 5.91 Å². The number of nitrogens with one attached hydrogen (secondary N) is 1. The van der Waals surface area contributed by atoms with Crippen LogP contribution in [0.5, 0.6) is 0 Å². The van der Waals surface area contributed by atoms with Crippen LogP contribution in [0, 0.1) is 0 Å². The summed E-state index contributed by atoms with van der Waals surface area (Å²) >= 11 is 0. The fourth-order valence-corrected chi connectivity index (χ4v) is 1.19. The maximum atomic E-state index is 11.3. The highest BCUT2D eigenvalue weighted by atomic mass is 16.5. The highest BCUT2D eigenvalue weighted by Crippen LogP contribution is 1.98. The number of rotatable bonds is 8. The third-order valence-electron chi connectivity index (χ3n) is 1.96. The molecule has 0 fully saturated rings. The number of methoxy groups -OCH3 is 1. The SMILES string of the molecule is CCCC(NC(=O)CCCOC)C(=O)O. The van der Waals surface area contributed by atoms with E-state index >= 15 is 0 Å². The van der Waals surface area contributed by atoms with Gasteiger partial charge in [-0.1, -0.05) is 13.3 Å². The number of hydrogen-bond acceptors (Lipinski definition) is 3. The van der Waals surface area contributed by atoms with Gasteiger partial charge >= 0.3 is 5.97 Å². The fourth-order valence-electron chi connectivity index (χ4n) is 1.19. The molecule has 88 valence electrons. The number of carboxylic acids is 1. The Balaban J connectivity index is 3.84. The fraction of sp³-hybridized carbons (Fsp3) is 0.800. The van der Waals surface area contributed by atoms with E-state index in [4.69, 9.17) is 9.84 Å². The second-order valence-corrected chi connectivity index (χ2v) is 3.34. The first kappa shape index (κ1) is 13.9. The molecule has 1 unspecified atom stereocenters. The van der Waals surface area contributed by atoms with E-state index in [0.717, 1.165) is 6.42 Å². The Bertz CT molecular complexity index is 206. The Labute approximate surface area is 89.8 Å². The second-order valence-electron chi connectivity index (χ2n) is 3.34. The van der Waals surface area contributed by atoms with Crippen molar-refractivity contribution in [2.45, 2.75) is 38.6 Å². The van der Waals surface area contributed by atoms with Crippen molar-refractivity contribution < 1.29 is 19.4 Å². The summed E-state index contributed by atoms with van der Waals surface area (Å²) in [6, 6.07) is -0.759. The molecule has 0 aliphatic carbocycles. The predicted molar refractivity (Wildman–Crippen MR) is 55.6 cm³/mol. The van der Waals surface area contributed by atoms with Crippen LogP contribution in [0.25, 0.3) is 0 Å². The Morgan fingerprint density at radius 1 is 1.47 bits per heavy atom. The summed E-state index contributed by atoms with van der Waals surface area (Å²) in [5, 5.41) is 11.3. The van der Waals surface area contributed by atoms with Gasteiger partial charge in [0.1, 0.15) is 6.04 Å². The molecular formula is C10H19NO4. The molecule has 0 aromatic carbocycles. The number of amides is 1. The van der Waals surface area contributed by atoms with Gasteiger partial charge in [0.15, 0.2) is 0 Å². The first-order valence-electron chi connectivity index (χ1n) is 5.13. The van der Waals surface area contributed by atoms with Gasteiger partial charge in [-0.3, -0.25) is 4.79 Å². The third kappa shape index (κ3) is 6.90. The van der Waals surface area contributed by atoms with Gasteiger partial charge in [0.05, 0.1) is 0 Å². The molecule has 15 heavy (non-hydrogen) atoms. The van der Waals surface area contributed by atoms with Crippen LogP contribution in [0.3, 0.4) is 0 Å². The molecule has 5 nitrogen and oxygen atoms in total. The van der Waals surface area contributed by atoms with Gasteiger partial charge < -0.3 is 15.2 Å². The van der Waals surface area contributed by atoms with Crippen molar-refractivity contribution in [3.8, 4) is 0 Å². The summed E-state index contributed by atoms with van der Waals surface area (Å²) in [4.78, 5) is 22.0. The summed E-state index contributed by atoms with van der Waals surface area (Å²) < 4.78 is 4.80. The maximum Gasteiger partial charge on any atom is 0.326 e. The molecule has 5 heteroatoms. The number of hydrogen-bond donors (Lipinski definition) is 2. The lowest BCUT2D eigenvalue weighted by molar-refractivity contribution is -0.142. The average Bonchev–Trinajstić information content (AvgIpc) is 2.17. The minimum absolute atomic E-state index is 0.229. The lowest BCUT2D eigenvalue weighted by Gasteiger charge is -2.13. The first-order valence-corrected chi connectivity index (χ1v) is 5.13. The number of ether oxygens (including phenoxy) is 1. The van der Waals surface area contributed by atoms with E-state index in [1.54, 1.807) is 7.11 Å². The highest BCUT2D eigenvalue weighted by molar-refractivity contribution is 5.83. The Morgan fingerprint density at radius 3 is 2.60 bits per heavy atom. The van der Waals surface area contributed by atoms with E-state index in [2.05, 4.69) is 5.32 Å². The van der Waals surface area contributed by atoms with Gasteiger partial charge in [-0.05, 0) is 12.8 Å². The summed E-state index contributed by atoms with van der Waals surface area (Å²) in [7, 11) is 1.56. The molecule has 0 rings (SSSR count). The number of carbonyl (C=O) groups excluding carboxylic acids is 1. The zero-order chi connectivity index (χ0) is 11.7. The molecule has 0 aromatic heterocycles. The van der Waals surface area contributed by atoms with Crippen LogP contribution in [-0.2, 0) is 14.3 Å². The van der Waals surface area contributed by atoms with Gasteiger partial charge in [0, 0.05) is 20.1 Å². The Kier molecular flexibility index (Phi) is 7.62. The van der Waals surface area contributed by atoms with Crippen molar-refractivity contribution in [3.05, 3.63) is 0 Å². The highest BCUT2D eigenvalue weighted by Gasteiger charge is 2.17. The molecule has 1 atom stereocenters. The van der Waals surface area contributed by atoms with Crippen molar-refractivity contribution in [1.29, 1.82) is 0 Å². The molecule has 1 amide bonds. The Hall–Kier alpha value is -1.10. The Morgan fingerprint density at radius 2 is 2.13 bits per heavy atom. The topological polar surface area (TPSA) is 75.6 Å². The predicted octanol–water partition coefficient (Wildman–Crippen LogP) is 0.782. The summed E-state index contributed by atoms with van der Waals surface area (Å²) in [6.45, 7) is 2.39. The van der Waals surface area contributed by atoms with E-state index in [0.29, 0.717) is 25.9 Å². The van der Waals surface area contributed by atoms with Crippen LogP contribution in [0.1, 0.15) is 32.6 Å². The standard InChI is InChI=1S/C10H19NO4/c1-3-5-8(10(13)14)11-9(12)6-4-7-15-2/h8H,3-7H2,1-2H3,(H,11,12)(H,13,14). The van der Waals surface area contributed by atoms with Crippen molar-refractivity contribution in [2.24, 2.45) is 0 Å². The normalized spacial score (nSPS) is 12.1. The van der Waals surface area contributed by atoms with Crippen LogP contribution in [0.2, 0.25) is 0 Å². The van der Waals surface area contributed by atoms with Crippen LogP contribution < -0.4 is 5.32 Å². The van der Waals surface area contributed by atoms with Crippen molar-refractivity contribution in [2.75, 3.05) is 13.7 Å². The monoisotopic (exact) mass is 217 g/mol. The first-order chi connectivity index (χ1) is 7.11. The maximum absolute atomic E-state index is 11.3. The quantitative estimate of drug-likeness (QED) is 0.589. The third-order valence-corrected chi connectivity index (χ3v) is 1.96. The minimum atomic E-state index is -0.975. The summed E-state index contributed by atoms with van der Waals surface area (Å²) in [6.07, 6.45) is 2.11. The molecule has 2 N–H and O–H groups in total. The number of carbonyl (C=O) groups is 2. The average molecular weight is 217 g/mol. The van der Waals surface area contributed by atoms with E-state index in [-0.39, 0.29) is 5.91 Å². The zero-order valence-corrected chi connectivity index (χ0v) is 9.28. The smallest absolute Gasteiger partial charge is 0.326 e. The van der Waals surface area contributed by atoms with Crippen molar-refractivity contribution in [3.63, 3.8) is 0 Å². The molecule has 0 radical (unpaired) electrons. The van der Waals surface area contributed by atoms with Crippen LogP contribution >= 0.6 is 0 Å². The molecule has 0 spiro atoms. The molecule has 0 bridgehead atoms. The molecule has 0 aliphatic rings. The zero-order valence-electron chi connectivity index (χ0n) is 9.28. The molecule has 0 saturated heterocycles. The van der Waals surface area contributed by atoms with Crippen LogP contribution in [0.4, 0.5) is 0 Å². The van der Waals surface area contributed by atoms with E-state index in [1.165, 1.54) is 0 Å². The number of carboxylic acid groups (broad SMARTS) is 1. The molecule has 0 aromatic rings. The summed E-state index contributed by atoms with van der Waals surface area (Å²) in [5.74, 6) is -1.20. The van der Waals surface area contributed by atoms with Gasteiger partial charge in [-0.2, -0.15) is 0 Å². The minimum Gasteiger partial charge on any atom is -0.480 e.